The summed E-state index contributed by atoms with van der Waals surface area (Å²) in [6.45, 7) is 1.84. The number of pyridine rings is 1. The average Bonchev–Trinajstić information content (AvgIpc) is 2.77. The van der Waals surface area contributed by atoms with Crippen LogP contribution in [0.4, 0.5) is 5.69 Å². The predicted molar refractivity (Wildman–Crippen MR) is 73.8 cm³/mol. The van der Waals surface area contributed by atoms with Gasteiger partial charge in [0.1, 0.15) is 0 Å². The molecule has 0 aliphatic heterocycles. The third-order valence-electron chi connectivity index (χ3n) is 2.84. The second-order valence-corrected chi connectivity index (χ2v) is 4.37. The van der Waals surface area contributed by atoms with E-state index in [0.717, 1.165) is 5.69 Å². The molecule has 0 atom stereocenters. The van der Waals surface area contributed by atoms with E-state index in [1.165, 1.54) is 6.07 Å². The highest BCUT2D eigenvalue weighted by Gasteiger charge is 2.09. The monoisotopic (exact) mass is 269 g/mol. The Morgan fingerprint density at radius 2 is 2.15 bits per heavy atom. The van der Waals surface area contributed by atoms with E-state index in [-0.39, 0.29) is 5.91 Å². The van der Waals surface area contributed by atoms with E-state index < -0.39 is 5.76 Å². The van der Waals surface area contributed by atoms with Gasteiger partial charge < -0.3 is 9.73 Å². The number of benzene rings is 1. The quantitative estimate of drug-likeness (QED) is 0.745. The van der Waals surface area contributed by atoms with Gasteiger partial charge in [-0.1, -0.05) is 0 Å². The number of hydrogen-bond donors (Lipinski definition) is 2. The number of anilines is 1. The number of hydrogen-bond acceptors (Lipinski definition) is 4. The number of carbonyl (C=O) groups excluding carboxylic acids is 1. The van der Waals surface area contributed by atoms with Gasteiger partial charge in [-0.3, -0.25) is 14.8 Å². The normalized spacial score (nSPS) is 10.7. The van der Waals surface area contributed by atoms with Crippen LogP contribution in [-0.4, -0.2) is 15.9 Å². The lowest BCUT2D eigenvalue weighted by Crippen LogP contribution is -2.11. The summed E-state index contributed by atoms with van der Waals surface area (Å²) in [7, 11) is 0. The first-order valence-corrected chi connectivity index (χ1v) is 5.99. The number of amides is 1. The largest absolute Gasteiger partial charge is 0.417 e. The SMILES string of the molecule is Cc1cc(NC(=O)c2ccc3[nH]c(=O)oc3c2)ccn1. The zero-order chi connectivity index (χ0) is 14.1. The number of rotatable bonds is 2. The molecule has 1 amide bonds. The third-order valence-corrected chi connectivity index (χ3v) is 2.84. The molecule has 0 radical (unpaired) electrons. The lowest BCUT2D eigenvalue weighted by atomic mass is 10.2. The molecular formula is C14H11N3O3. The maximum absolute atomic E-state index is 12.1. The number of fused-ring (bicyclic) bond motifs is 1. The Labute approximate surface area is 113 Å². The van der Waals surface area contributed by atoms with Crippen molar-refractivity contribution in [3.8, 4) is 0 Å². The molecule has 2 aromatic heterocycles. The Morgan fingerprint density at radius 3 is 2.95 bits per heavy atom. The smallest absolute Gasteiger partial charge is 0.408 e. The molecule has 0 aliphatic carbocycles. The highest BCUT2D eigenvalue weighted by Crippen LogP contribution is 2.14. The molecule has 20 heavy (non-hydrogen) atoms. The molecule has 6 nitrogen and oxygen atoms in total. The molecule has 0 aliphatic rings. The predicted octanol–water partition coefficient (Wildman–Crippen LogP) is 2.08. The number of carbonyl (C=O) groups is 1. The van der Waals surface area contributed by atoms with Gasteiger partial charge in [0, 0.05) is 23.1 Å². The van der Waals surface area contributed by atoms with Gasteiger partial charge in [-0.2, -0.15) is 0 Å². The summed E-state index contributed by atoms with van der Waals surface area (Å²) in [5.41, 5.74) is 2.81. The lowest BCUT2D eigenvalue weighted by molar-refractivity contribution is 0.102. The van der Waals surface area contributed by atoms with Crippen molar-refractivity contribution < 1.29 is 9.21 Å². The molecular weight excluding hydrogens is 258 g/mol. The van der Waals surface area contributed by atoms with Crippen LogP contribution in [0.15, 0.2) is 45.7 Å². The molecule has 0 saturated heterocycles. The first-order valence-electron chi connectivity index (χ1n) is 5.99. The molecule has 0 saturated carbocycles. The average molecular weight is 269 g/mol. The minimum Gasteiger partial charge on any atom is -0.408 e. The zero-order valence-electron chi connectivity index (χ0n) is 10.6. The van der Waals surface area contributed by atoms with Crippen LogP contribution in [-0.2, 0) is 0 Å². The number of aromatic nitrogens is 2. The van der Waals surface area contributed by atoms with Crippen LogP contribution in [0.3, 0.4) is 0 Å². The highest BCUT2D eigenvalue weighted by atomic mass is 16.4. The molecule has 3 rings (SSSR count). The third kappa shape index (κ3) is 2.31. The zero-order valence-corrected chi connectivity index (χ0v) is 10.6. The van der Waals surface area contributed by atoms with E-state index in [2.05, 4.69) is 15.3 Å². The van der Waals surface area contributed by atoms with Crippen LogP contribution in [0.5, 0.6) is 0 Å². The van der Waals surface area contributed by atoms with Gasteiger partial charge in [0.25, 0.3) is 5.91 Å². The lowest BCUT2D eigenvalue weighted by Gasteiger charge is -2.05. The molecule has 1 aromatic carbocycles. The van der Waals surface area contributed by atoms with E-state index in [0.29, 0.717) is 22.4 Å². The van der Waals surface area contributed by atoms with E-state index in [4.69, 9.17) is 4.42 Å². The maximum Gasteiger partial charge on any atom is 0.417 e. The van der Waals surface area contributed by atoms with Crippen molar-refractivity contribution in [2.24, 2.45) is 0 Å². The van der Waals surface area contributed by atoms with E-state index in [9.17, 15) is 9.59 Å². The van der Waals surface area contributed by atoms with Gasteiger partial charge in [-0.15, -0.1) is 0 Å². The molecule has 0 spiro atoms. The summed E-state index contributed by atoms with van der Waals surface area (Å²) in [6.07, 6.45) is 1.62. The topological polar surface area (TPSA) is 88.0 Å². The molecule has 100 valence electrons. The van der Waals surface area contributed by atoms with Crippen molar-refractivity contribution in [2.75, 3.05) is 5.32 Å². The summed E-state index contributed by atoms with van der Waals surface area (Å²) in [6, 6.07) is 8.26. The molecule has 2 heterocycles. The van der Waals surface area contributed by atoms with Crippen LogP contribution in [0.1, 0.15) is 16.1 Å². The van der Waals surface area contributed by atoms with Crippen LogP contribution in [0, 0.1) is 6.92 Å². The second-order valence-electron chi connectivity index (χ2n) is 4.37. The highest BCUT2D eigenvalue weighted by molar-refractivity contribution is 6.05. The molecule has 6 heteroatoms. The van der Waals surface area contributed by atoms with Crippen LogP contribution in [0.2, 0.25) is 0 Å². The number of oxazole rings is 1. The Kier molecular flexibility index (Phi) is 2.83. The number of aromatic amines is 1. The van der Waals surface area contributed by atoms with Crippen molar-refractivity contribution in [3.63, 3.8) is 0 Å². The summed E-state index contributed by atoms with van der Waals surface area (Å²) in [5, 5.41) is 2.76. The Balaban J connectivity index is 1.90. The second kappa shape index (κ2) is 4.65. The number of nitrogens with one attached hydrogen (secondary N) is 2. The number of aryl methyl sites for hydroxylation is 1. The van der Waals surface area contributed by atoms with Gasteiger partial charge in [0.15, 0.2) is 5.58 Å². The summed E-state index contributed by atoms with van der Waals surface area (Å²) in [4.78, 5) is 29.8. The molecule has 2 N–H and O–H groups in total. The first-order chi connectivity index (χ1) is 9.61. The summed E-state index contributed by atoms with van der Waals surface area (Å²) < 4.78 is 4.93. The minimum absolute atomic E-state index is 0.277. The Morgan fingerprint density at radius 1 is 1.30 bits per heavy atom. The molecule has 3 aromatic rings. The van der Waals surface area contributed by atoms with Gasteiger partial charge in [0.2, 0.25) is 0 Å². The fourth-order valence-corrected chi connectivity index (χ4v) is 1.91. The van der Waals surface area contributed by atoms with Crippen LogP contribution in [0.25, 0.3) is 11.1 Å². The van der Waals surface area contributed by atoms with Crippen molar-refractivity contribution in [3.05, 3.63) is 58.3 Å². The van der Waals surface area contributed by atoms with Crippen LogP contribution >= 0.6 is 0 Å². The van der Waals surface area contributed by atoms with Crippen molar-refractivity contribution in [1.29, 1.82) is 0 Å². The fraction of sp³-hybridized carbons (Fsp3) is 0.0714. The Bertz CT molecular complexity index is 848. The van der Waals surface area contributed by atoms with Gasteiger partial charge >= 0.3 is 5.76 Å². The van der Waals surface area contributed by atoms with Crippen LogP contribution < -0.4 is 11.1 Å². The Hall–Kier alpha value is -2.89. The van der Waals surface area contributed by atoms with Gasteiger partial charge in [-0.05, 0) is 37.3 Å². The van der Waals surface area contributed by atoms with Crippen molar-refractivity contribution in [2.45, 2.75) is 6.92 Å². The van der Waals surface area contributed by atoms with E-state index >= 15 is 0 Å². The summed E-state index contributed by atoms with van der Waals surface area (Å²) >= 11 is 0. The maximum atomic E-state index is 12.1. The molecule has 0 fully saturated rings. The van der Waals surface area contributed by atoms with Crippen molar-refractivity contribution >= 4 is 22.7 Å². The number of H-pyrrole nitrogens is 1. The minimum atomic E-state index is -0.540. The van der Waals surface area contributed by atoms with Gasteiger partial charge in [0.05, 0.1) is 5.52 Å². The fourth-order valence-electron chi connectivity index (χ4n) is 1.91. The first kappa shape index (κ1) is 12.2. The molecule has 0 bridgehead atoms. The standard InChI is InChI=1S/C14H11N3O3/c1-8-6-10(4-5-15-8)16-13(18)9-2-3-11-12(7-9)20-14(19)17-11/h2-7H,1H3,(H,17,19)(H,15,16,18). The van der Waals surface area contributed by atoms with E-state index in [1.807, 2.05) is 6.92 Å². The molecule has 0 unspecified atom stereocenters. The van der Waals surface area contributed by atoms with E-state index in [1.54, 1.807) is 30.5 Å². The number of nitrogens with zero attached hydrogens (tertiary/aromatic N) is 1. The van der Waals surface area contributed by atoms with Crippen molar-refractivity contribution in [1.82, 2.24) is 9.97 Å². The van der Waals surface area contributed by atoms with Gasteiger partial charge in [-0.25, -0.2) is 4.79 Å². The summed E-state index contributed by atoms with van der Waals surface area (Å²) in [5.74, 6) is -0.816.